The molecule has 1 aliphatic carbocycles. The molecule has 0 aliphatic heterocycles. The summed E-state index contributed by atoms with van der Waals surface area (Å²) in [6, 6.07) is 10.7. The molecule has 0 saturated heterocycles. The van der Waals surface area contributed by atoms with E-state index in [0.29, 0.717) is 12.5 Å². The van der Waals surface area contributed by atoms with Gasteiger partial charge in [-0.1, -0.05) is 29.8 Å². The molecule has 3 rings (SSSR count). The molecule has 2 heteroatoms. The molecule has 1 unspecified atom stereocenters. The van der Waals surface area contributed by atoms with Crippen molar-refractivity contribution in [2.45, 2.75) is 26.2 Å². The van der Waals surface area contributed by atoms with Gasteiger partial charge in [-0.3, -0.25) is 0 Å². The predicted octanol–water partition coefficient (Wildman–Crippen LogP) is 4.42. The number of rotatable bonds is 2. The maximum Gasteiger partial charge on any atom is 0.0409 e. The first-order chi connectivity index (χ1) is 9.13. The van der Waals surface area contributed by atoms with E-state index in [9.17, 15) is 0 Å². The van der Waals surface area contributed by atoms with Crippen molar-refractivity contribution in [1.29, 1.82) is 0 Å². The van der Waals surface area contributed by atoms with Gasteiger partial charge in [0.05, 0.1) is 0 Å². The molecule has 1 atom stereocenters. The van der Waals surface area contributed by atoms with Gasteiger partial charge in [-0.2, -0.15) is 0 Å². The molecule has 0 spiro atoms. The summed E-state index contributed by atoms with van der Waals surface area (Å²) in [7, 11) is 0. The van der Waals surface area contributed by atoms with Crippen LogP contribution in [0.2, 0.25) is 5.02 Å². The summed E-state index contributed by atoms with van der Waals surface area (Å²) in [5.74, 6) is 0.396. The lowest BCUT2D eigenvalue weighted by atomic mass is 9.92. The minimum absolute atomic E-state index is 0.396. The van der Waals surface area contributed by atoms with Gasteiger partial charge in [0.2, 0.25) is 0 Å². The van der Waals surface area contributed by atoms with Gasteiger partial charge < -0.3 is 5.73 Å². The molecule has 0 aromatic heterocycles. The third-order valence-corrected chi connectivity index (χ3v) is 4.49. The first kappa shape index (κ1) is 12.7. The summed E-state index contributed by atoms with van der Waals surface area (Å²) < 4.78 is 0. The van der Waals surface area contributed by atoms with Gasteiger partial charge in [-0.25, -0.2) is 0 Å². The summed E-state index contributed by atoms with van der Waals surface area (Å²) >= 11 is 6.17. The van der Waals surface area contributed by atoms with Crippen LogP contribution in [0.3, 0.4) is 0 Å². The molecule has 2 N–H and O–H groups in total. The number of nitrogens with two attached hydrogens (primary N) is 1. The summed E-state index contributed by atoms with van der Waals surface area (Å²) in [6.07, 6.45) is 0.975. The molecule has 0 fully saturated rings. The van der Waals surface area contributed by atoms with E-state index in [1.54, 1.807) is 0 Å². The predicted molar refractivity (Wildman–Crippen MR) is 81.9 cm³/mol. The molecule has 19 heavy (non-hydrogen) atoms. The standard InChI is InChI=1S/C17H18ClN/c1-10-3-5-14-13(7-8-19)16-9-12(18)4-6-15(16)17(14)11(10)2/h3-6,9,13H,7-8,19H2,1-2H3. The highest BCUT2D eigenvalue weighted by atomic mass is 35.5. The highest BCUT2D eigenvalue weighted by Gasteiger charge is 2.29. The topological polar surface area (TPSA) is 26.0 Å². The van der Waals surface area contributed by atoms with Crippen LogP contribution >= 0.6 is 11.6 Å². The van der Waals surface area contributed by atoms with Crippen LogP contribution in [0.5, 0.6) is 0 Å². The van der Waals surface area contributed by atoms with Gasteiger partial charge in [0.15, 0.2) is 0 Å². The van der Waals surface area contributed by atoms with Gasteiger partial charge in [0.1, 0.15) is 0 Å². The molecule has 98 valence electrons. The van der Waals surface area contributed by atoms with E-state index in [1.807, 2.05) is 6.07 Å². The third kappa shape index (κ3) is 1.89. The smallest absolute Gasteiger partial charge is 0.0409 e. The number of hydrogen-bond acceptors (Lipinski definition) is 1. The van der Waals surface area contributed by atoms with Crippen LogP contribution in [0.1, 0.15) is 34.6 Å². The summed E-state index contributed by atoms with van der Waals surface area (Å²) in [5, 5.41) is 0.808. The molecule has 2 aromatic rings. The van der Waals surface area contributed by atoms with Gasteiger partial charge in [0.25, 0.3) is 0 Å². The SMILES string of the molecule is Cc1ccc2c(c1C)-c1ccc(Cl)cc1C2CCN. The van der Waals surface area contributed by atoms with E-state index in [2.05, 4.69) is 38.1 Å². The van der Waals surface area contributed by atoms with Crippen LogP contribution < -0.4 is 5.73 Å². The molecule has 0 amide bonds. The van der Waals surface area contributed by atoms with Crippen LogP contribution in [0, 0.1) is 13.8 Å². The fourth-order valence-corrected chi connectivity index (χ4v) is 3.36. The van der Waals surface area contributed by atoms with Crippen LogP contribution in [-0.2, 0) is 0 Å². The highest BCUT2D eigenvalue weighted by molar-refractivity contribution is 6.30. The lowest BCUT2D eigenvalue weighted by Gasteiger charge is -2.13. The fourth-order valence-electron chi connectivity index (χ4n) is 3.18. The summed E-state index contributed by atoms with van der Waals surface area (Å²) in [4.78, 5) is 0. The Labute approximate surface area is 119 Å². The molecule has 2 aromatic carbocycles. The Morgan fingerprint density at radius 1 is 1.11 bits per heavy atom. The van der Waals surface area contributed by atoms with E-state index in [-0.39, 0.29) is 0 Å². The van der Waals surface area contributed by atoms with Crippen molar-refractivity contribution in [2.24, 2.45) is 5.73 Å². The Hall–Kier alpha value is -1.31. The second-order valence-electron chi connectivity index (χ2n) is 5.33. The van der Waals surface area contributed by atoms with Gasteiger partial charge in [0, 0.05) is 10.9 Å². The maximum absolute atomic E-state index is 6.17. The number of benzene rings is 2. The third-order valence-electron chi connectivity index (χ3n) is 4.26. The van der Waals surface area contributed by atoms with E-state index >= 15 is 0 Å². The molecule has 1 aliphatic rings. The maximum atomic E-state index is 6.17. The largest absolute Gasteiger partial charge is 0.330 e. The molecular formula is C17H18ClN. The van der Waals surface area contributed by atoms with Crippen LogP contribution in [0.25, 0.3) is 11.1 Å². The Morgan fingerprint density at radius 2 is 1.89 bits per heavy atom. The van der Waals surface area contributed by atoms with Crippen molar-refractivity contribution in [3.8, 4) is 11.1 Å². The molecule has 0 radical (unpaired) electrons. The van der Waals surface area contributed by atoms with Crippen molar-refractivity contribution < 1.29 is 0 Å². The Kier molecular flexibility index (Phi) is 3.12. The number of aryl methyl sites for hydroxylation is 1. The molecular weight excluding hydrogens is 254 g/mol. The quantitative estimate of drug-likeness (QED) is 0.860. The van der Waals surface area contributed by atoms with Gasteiger partial charge >= 0.3 is 0 Å². The minimum Gasteiger partial charge on any atom is -0.330 e. The van der Waals surface area contributed by atoms with Crippen LogP contribution in [0.4, 0.5) is 0 Å². The van der Waals surface area contributed by atoms with Crippen LogP contribution in [0.15, 0.2) is 30.3 Å². The van der Waals surface area contributed by atoms with Crippen molar-refractivity contribution >= 4 is 11.6 Å². The Morgan fingerprint density at radius 3 is 2.63 bits per heavy atom. The normalized spacial score (nSPS) is 16.3. The van der Waals surface area contributed by atoms with Gasteiger partial charge in [-0.15, -0.1) is 0 Å². The highest BCUT2D eigenvalue weighted by Crippen LogP contribution is 2.48. The van der Waals surface area contributed by atoms with Crippen molar-refractivity contribution in [1.82, 2.24) is 0 Å². The molecule has 0 heterocycles. The average Bonchev–Trinajstić information content (AvgIpc) is 2.69. The molecule has 1 nitrogen and oxygen atoms in total. The monoisotopic (exact) mass is 271 g/mol. The van der Waals surface area contributed by atoms with Crippen molar-refractivity contribution in [3.63, 3.8) is 0 Å². The molecule has 0 bridgehead atoms. The van der Waals surface area contributed by atoms with E-state index in [0.717, 1.165) is 11.4 Å². The zero-order valence-electron chi connectivity index (χ0n) is 11.3. The fraction of sp³-hybridized carbons (Fsp3) is 0.294. The minimum atomic E-state index is 0.396. The lowest BCUT2D eigenvalue weighted by molar-refractivity contribution is 0.740. The average molecular weight is 272 g/mol. The van der Waals surface area contributed by atoms with E-state index in [1.165, 1.54) is 33.4 Å². The van der Waals surface area contributed by atoms with Gasteiger partial charge in [-0.05, 0) is 72.3 Å². The van der Waals surface area contributed by atoms with E-state index in [4.69, 9.17) is 17.3 Å². The summed E-state index contributed by atoms with van der Waals surface area (Å²) in [5.41, 5.74) is 14.0. The second kappa shape index (κ2) is 4.66. The number of fused-ring (bicyclic) bond motifs is 3. The summed E-state index contributed by atoms with van der Waals surface area (Å²) in [6.45, 7) is 5.07. The molecule has 0 saturated carbocycles. The number of hydrogen-bond donors (Lipinski definition) is 1. The van der Waals surface area contributed by atoms with Crippen molar-refractivity contribution in [3.05, 3.63) is 57.6 Å². The zero-order chi connectivity index (χ0) is 13.6. The number of halogens is 1. The first-order valence-electron chi connectivity index (χ1n) is 6.73. The van der Waals surface area contributed by atoms with E-state index < -0.39 is 0 Å². The first-order valence-corrected chi connectivity index (χ1v) is 7.11. The Balaban J connectivity index is 2.29. The Bertz CT molecular complexity index is 646. The zero-order valence-corrected chi connectivity index (χ0v) is 12.1. The lowest BCUT2D eigenvalue weighted by Crippen LogP contribution is -2.06. The second-order valence-corrected chi connectivity index (χ2v) is 5.77. The van der Waals surface area contributed by atoms with Crippen molar-refractivity contribution in [2.75, 3.05) is 6.54 Å². The van der Waals surface area contributed by atoms with Crippen LogP contribution in [-0.4, -0.2) is 6.54 Å².